The third-order valence-electron chi connectivity index (χ3n) is 4.07. The third kappa shape index (κ3) is 5.75. The van der Waals surface area contributed by atoms with Gasteiger partial charge in [0.05, 0.1) is 11.8 Å². The molecule has 0 bridgehead atoms. The van der Waals surface area contributed by atoms with Crippen LogP contribution >= 0.6 is 11.8 Å². The number of hydrogen-bond acceptors (Lipinski definition) is 3. The van der Waals surface area contributed by atoms with Crippen molar-refractivity contribution in [1.29, 1.82) is 0 Å². The van der Waals surface area contributed by atoms with Gasteiger partial charge in [0.15, 0.2) is 5.78 Å². The maximum Gasteiger partial charge on any atom is 0.217 e. The Balaban J connectivity index is 1.93. The maximum absolute atomic E-state index is 12.4. The zero-order chi connectivity index (χ0) is 18.4. The maximum atomic E-state index is 12.4. The summed E-state index contributed by atoms with van der Waals surface area (Å²) < 4.78 is 0. The van der Waals surface area contributed by atoms with E-state index in [0.717, 1.165) is 10.5 Å². The minimum atomic E-state index is -0.0625. The number of thioether (sulfide) groups is 1. The van der Waals surface area contributed by atoms with Gasteiger partial charge in [0.1, 0.15) is 0 Å². The molecule has 2 aromatic rings. The Morgan fingerprint density at radius 2 is 1.48 bits per heavy atom. The lowest BCUT2D eigenvalue weighted by molar-refractivity contribution is -0.119. The van der Waals surface area contributed by atoms with Crippen LogP contribution in [0.5, 0.6) is 0 Å². The topological polar surface area (TPSA) is 46.2 Å². The number of rotatable bonds is 7. The van der Waals surface area contributed by atoms with Gasteiger partial charge in [-0.2, -0.15) is 0 Å². The predicted octanol–water partition coefficient (Wildman–Crippen LogP) is 4.98. The monoisotopic (exact) mass is 355 g/mol. The molecule has 0 spiro atoms. The number of benzene rings is 2. The van der Waals surface area contributed by atoms with Crippen LogP contribution in [0, 0.1) is 0 Å². The van der Waals surface area contributed by atoms with Gasteiger partial charge in [0, 0.05) is 17.4 Å². The molecule has 0 aliphatic heterocycles. The van der Waals surface area contributed by atoms with Crippen molar-refractivity contribution in [2.45, 2.75) is 44.6 Å². The summed E-state index contributed by atoms with van der Waals surface area (Å²) in [6, 6.07) is 15.8. The van der Waals surface area contributed by atoms with E-state index in [-0.39, 0.29) is 17.7 Å². The summed E-state index contributed by atoms with van der Waals surface area (Å²) in [6.45, 7) is 7.76. The molecule has 2 aromatic carbocycles. The second-order valence-electron chi connectivity index (χ2n) is 6.48. The van der Waals surface area contributed by atoms with E-state index in [1.54, 1.807) is 11.8 Å². The largest absolute Gasteiger partial charge is 0.350 e. The zero-order valence-corrected chi connectivity index (χ0v) is 16.0. The first-order valence-electron chi connectivity index (χ1n) is 8.50. The van der Waals surface area contributed by atoms with Gasteiger partial charge in [-0.1, -0.05) is 50.2 Å². The fourth-order valence-corrected chi connectivity index (χ4v) is 3.32. The molecule has 1 amide bonds. The van der Waals surface area contributed by atoms with Crippen LogP contribution in [0.2, 0.25) is 0 Å². The molecule has 132 valence electrons. The molecule has 0 aliphatic rings. The number of carbonyl (C=O) groups is 2. The van der Waals surface area contributed by atoms with E-state index in [0.29, 0.717) is 17.2 Å². The van der Waals surface area contributed by atoms with Gasteiger partial charge in [0.25, 0.3) is 0 Å². The van der Waals surface area contributed by atoms with E-state index in [1.165, 1.54) is 12.5 Å². The lowest BCUT2D eigenvalue weighted by atomic mass is 10.0. The van der Waals surface area contributed by atoms with Gasteiger partial charge in [-0.15, -0.1) is 11.8 Å². The van der Waals surface area contributed by atoms with E-state index in [4.69, 9.17) is 0 Å². The number of ketones is 1. The van der Waals surface area contributed by atoms with Crippen molar-refractivity contribution >= 4 is 23.5 Å². The molecule has 0 heterocycles. The Kier molecular flexibility index (Phi) is 6.82. The van der Waals surface area contributed by atoms with E-state index < -0.39 is 0 Å². The SMILES string of the molecule is CC(=O)N[C@@H](C)c1ccc(C(=O)CSc2ccc(C(C)C)cc2)cc1. The van der Waals surface area contributed by atoms with Crippen LogP contribution in [-0.4, -0.2) is 17.4 Å². The van der Waals surface area contributed by atoms with E-state index >= 15 is 0 Å². The highest BCUT2D eigenvalue weighted by Crippen LogP contribution is 2.23. The average molecular weight is 356 g/mol. The molecule has 1 atom stereocenters. The second kappa shape index (κ2) is 8.86. The summed E-state index contributed by atoms with van der Waals surface area (Å²) in [6.07, 6.45) is 0. The molecule has 0 fully saturated rings. The van der Waals surface area contributed by atoms with Gasteiger partial charge in [0.2, 0.25) is 5.91 Å². The van der Waals surface area contributed by atoms with Crippen molar-refractivity contribution in [3.63, 3.8) is 0 Å². The van der Waals surface area contributed by atoms with Gasteiger partial charge in [-0.05, 0) is 36.1 Å². The van der Waals surface area contributed by atoms with Crippen molar-refractivity contribution in [1.82, 2.24) is 5.32 Å². The lowest BCUT2D eigenvalue weighted by Gasteiger charge is -2.13. The molecule has 1 N–H and O–H groups in total. The molecule has 3 nitrogen and oxygen atoms in total. The number of hydrogen-bond donors (Lipinski definition) is 1. The standard InChI is InChI=1S/C21H25NO2S/c1-14(2)17-9-11-20(12-10-17)25-13-21(24)19-7-5-18(6-8-19)15(3)22-16(4)23/h5-12,14-15H,13H2,1-4H3,(H,22,23)/t15-/m0/s1. The molecule has 25 heavy (non-hydrogen) atoms. The summed E-state index contributed by atoms with van der Waals surface area (Å²) in [5.74, 6) is 0.977. The minimum Gasteiger partial charge on any atom is -0.350 e. The molecule has 0 aliphatic carbocycles. The van der Waals surface area contributed by atoms with Crippen molar-refractivity contribution < 1.29 is 9.59 Å². The van der Waals surface area contributed by atoms with Crippen LogP contribution in [0.3, 0.4) is 0 Å². The van der Waals surface area contributed by atoms with Crippen LogP contribution in [0.4, 0.5) is 0 Å². The molecule has 4 heteroatoms. The smallest absolute Gasteiger partial charge is 0.217 e. The summed E-state index contributed by atoms with van der Waals surface area (Å²) in [4.78, 5) is 24.6. The lowest BCUT2D eigenvalue weighted by Crippen LogP contribution is -2.23. The van der Waals surface area contributed by atoms with Crippen LogP contribution in [0.25, 0.3) is 0 Å². The normalized spacial score (nSPS) is 12.0. The fourth-order valence-electron chi connectivity index (χ4n) is 2.53. The minimum absolute atomic E-state index is 0.0597. The first-order chi connectivity index (χ1) is 11.9. The summed E-state index contributed by atoms with van der Waals surface area (Å²) >= 11 is 1.56. The Labute approximate surface area is 154 Å². The number of Topliss-reactive ketones (excluding diaryl/α,β-unsaturated/α-hetero) is 1. The quantitative estimate of drug-likeness (QED) is 0.563. The number of carbonyl (C=O) groups excluding carboxylic acids is 2. The van der Waals surface area contributed by atoms with Crippen molar-refractivity contribution in [3.8, 4) is 0 Å². The van der Waals surface area contributed by atoms with Gasteiger partial charge < -0.3 is 5.32 Å². The Morgan fingerprint density at radius 3 is 2.00 bits per heavy atom. The molecule has 2 rings (SSSR count). The molecule has 0 saturated heterocycles. The molecular formula is C21H25NO2S. The van der Waals surface area contributed by atoms with Crippen LogP contribution in [-0.2, 0) is 4.79 Å². The molecule has 0 saturated carbocycles. The van der Waals surface area contributed by atoms with Crippen molar-refractivity contribution in [2.24, 2.45) is 0 Å². The van der Waals surface area contributed by atoms with E-state index in [1.807, 2.05) is 31.2 Å². The van der Waals surface area contributed by atoms with Crippen LogP contribution < -0.4 is 5.32 Å². The van der Waals surface area contributed by atoms with Crippen molar-refractivity contribution in [2.75, 3.05) is 5.75 Å². The highest BCUT2D eigenvalue weighted by Gasteiger charge is 2.10. The Bertz CT molecular complexity index is 721. The summed E-state index contributed by atoms with van der Waals surface area (Å²) in [5, 5.41) is 2.84. The zero-order valence-electron chi connectivity index (χ0n) is 15.2. The van der Waals surface area contributed by atoms with Crippen LogP contribution in [0.15, 0.2) is 53.4 Å². The fraction of sp³-hybridized carbons (Fsp3) is 0.333. The molecule has 0 unspecified atom stereocenters. The van der Waals surface area contributed by atoms with Crippen LogP contribution in [0.1, 0.15) is 61.1 Å². The van der Waals surface area contributed by atoms with E-state index in [2.05, 4.69) is 43.4 Å². The Hall–Kier alpha value is -2.07. The van der Waals surface area contributed by atoms with E-state index in [9.17, 15) is 9.59 Å². The molecule has 0 aromatic heterocycles. The highest BCUT2D eigenvalue weighted by atomic mass is 32.2. The molecule has 0 radical (unpaired) electrons. The number of amides is 1. The predicted molar refractivity (Wildman–Crippen MR) is 104 cm³/mol. The first kappa shape index (κ1) is 19.3. The van der Waals surface area contributed by atoms with Gasteiger partial charge in [-0.3, -0.25) is 9.59 Å². The second-order valence-corrected chi connectivity index (χ2v) is 7.53. The summed E-state index contributed by atoms with van der Waals surface area (Å²) in [5.41, 5.74) is 2.99. The molecular weight excluding hydrogens is 330 g/mol. The van der Waals surface area contributed by atoms with Crippen molar-refractivity contribution in [3.05, 3.63) is 65.2 Å². The Morgan fingerprint density at radius 1 is 0.920 bits per heavy atom. The summed E-state index contributed by atoms with van der Waals surface area (Å²) in [7, 11) is 0. The van der Waals surface area contributed by atoms with Gasteiger partial charge >= 0.3 is 0 Å². The first-order valence-corrected chi connectivity index (χ1v) is 9.48. The average Bonchev–Trinajstić information content (AvgIpc) is 2.59. The highest BCUT2D eigenvalue weighted by molar-refractivity contribution is 8.00. The third-order valence-corrected chi connectivity index (χ3v) is 5.08. The number of nitrogens with one attached hydrogen (secondary N) is 1. The van der Waals surface area contributed by atoms with Gasteiger partial charge in [-0.25, -0.2) is 0 Å².